The molecule has 1 aromatic heterocycles. The third kappa shape index (κ3) is 5.74. The second-order valence-corrected chi connectivity index (χ2v) is 6.63. The first-order chi connectivity index (χ1) is 8.49. The molecule has 0 saturated carbocycles. The average Bonchev–Trinajstić information content (AvgIpc) is 2.69. The SMILES string of the molecule is CC(C)CCCNC(=O)N(C)Cc1ccc(Cl)s1. The number of hydrogen-bond acceptors (Lipinski definition) is 2. The van der Waals surface area contributed by atoms with E-state index < -0.39 is 0 Å². The molecule has 1 rings (SSSR count). The van der Waals surface area contributed by atoms with Crippen LogP contribution < -0.4 is 5.32 Å². The van der Waals surface area contributed by atoms with Crippen LogP contribution in [0.1, 0.15) is 31.6 Å². The van der Waals surface area contributed by atoms with E-state index in [0.717, 1.165) is 28.6 Å². The predicted molar refractivity (Wildman–Crippen MR) is 78.3 cm³/mol. The number of urea groups is 1. The van der Waals surface area contributed by atoms with Crippen molar-refractivity contribution in [1.29, 1.82) is 0 Å². The molecule has 1 aromatic rings. The van der Waals surface area contributed by atoms with Crippen LogP contribution in [0.15, 0.2) is 12.1 Å². The van der Waals surface area contributed by atoms with Crippen molar-refractivity contribution in [2.75, 3.05) is 13.6 Å². The van der Waals surface area contributed by atoms with Crippen LogP contribution in [-0.2, 0) is 6.54 Å². The molecule has 0 aliphatic carbocycles. The summed E-state index contributed by atoms with van der Waals surface area (Å²) >= 11 is 7.36. The van der Waals surface area contributed by atoms with Crippen molar-refractivity contribution < 1.29 is 4.79 Å². The molecule has 2 amide bonds. The minimum Gasteiger partial charge on any atom is -0.338 e. The quantitative estimate of drug-likeness (QED) is 0.789. The van der Waals surface area contributed by atoms with E-state index in [1.54, 1.807) is 11.9 Å². The summed E-state index contributed by atoms with van der Waals surface area (Å²) < 4.78 is 0.760. The summed E-state index contributed by atoms with van der Waals surface area (Å²) in [5, 5.41) is 2.92. The van der Waals surface area contributed by atoms with Gasteiger partial charge in [-0.2, -0.15) is 0 Å². The van der Waals surface area contributed by atoms with E-state index in [4.69, 9.17) is 11.6 Å². The number of halogens is 1. The number of nitrogens with zero attached hydrogens (tertiary/aromatic N) is 1. The van der Waals surface area contributed by atoms with Crippen LogP contribution in [-0.4, -0.2) is 24.5 Å². The molecule has 0 fully saturated rings. The summed E-state index contributed by atoms with van der Waals surface area (Å²) in [4.78, 5) is 14.6. The van der Waals surface area contributed by atoms with Gasteiger partial charge in [0.25, 0.3) is 0 Å². The average molecular weight is 289 g/mol. The largest absolute Gasteiger partial charge is 0.338 e. The van der Waals surface area contributed by atoms with E-state index >= 15 is 0 Å². The fraction of sp³-hybridized carbons (Fsp3) is 0.615. The molecular weight excluding hydrogens is 268 g/mol. The van der Waals surface area contributed by atoms with Crippen molar-refractivity contribution in [2.24, 2.45) is 5.92 Å². The first kappa shape index (κ1) is 15.3. The van der Waals surface area contributed by atoms with Crippen molar-refractivity contribution in [3.8, 4) is 0 Å². The van der Waals surface area contributed by atoms with E-state index in [2.05, 4.69) is 19.2 Å². The minimum atomic E-state index is -0.0247. The van der Waals surface area contributed by atoms with Crippen LogP contribution in [0.4, 0.5) is 4.79 Å². The maximum absolute atomic E-state index is 11.8. The van der Waals surface area contributed by atoms with E-state index in [1.165, 1.54) is 11.3 Å². The molecular formula is C13H21ClN2OS. The number of carbonyl (C=O) groups is 1. The van der Waals surface area contributed by atoms with Crippen LogP contribution >= 0.6 is 22.9 Å². The molecule has 1 heterocycles. The van der Waals surface area contributed by atoms with Crippen LogP contribution in [0.2, 0.25) is 4.34 Å². The summed E-state index contributed by atoms with van der Waals surface area (Å²) in [6, 6.07) is 3.79. The Bertz CT molecular complexity index is 379. The Morgan fingerprint density at radius 1 is 1.50 bits per heavy atom. The fourth-order valence-electron chi connectivity index (χ4n) is 1.58. The minimum absolute atomic E-state index is 0.0247. The summed E-state index contributed by atoms with van der Waals surface area (Å²) in [5.41, 5.74) is 0. The maximum atomic E-state index is 11.8. The van der Waals surface area contributed by atoms with Gasteiger partial charge >= 0.3 is 6.03 Å². The highest BCUT2D eigenvalue weighted by atomic mass is 35.5. The lowest BCUT2D eigenvalue weighted by Crippen LogP contribution is -2.37. The first-order valence-electron chi connectivity index (χ1n) is 6.22. The Labute approximate surface area is 118 Å². The van der Waals surface area contributed by atoms with Crippen LogP contribution in [0.3, 0.4) is 0 Å². The van der Waals surface area contributed by atoms with Crippen molar-refractivity contribution in [3.05, 3.63) is 21.3 Å². The van der Waals surface area contributed by atoms with Gasteiger partial charge in [0.2, 0.25) is 0 Å². The molecule has 3 nitrogen and oxygen atoms in total. The van der Waals surface area contributed by atoms with Gasteiger partial charge < -0.3 is 10.2 Å². The Morgan fingerprint density at radius 3 is 2.78 bits per heavy atom. The van der Waals surface area contributed by atoms with Crippen molar-refractivity contribution in [3.63, 3.8) is 0 Å². The predicted octanol–water partition coefficient (Wildman–Crippen LogP) is 3.98. The van der Waals surface area contributed by atoms with Gasteiger partial charge in [-0.05, 0) is 30.9 Å². The number of hydrogen-bond donors (Lipinski definition) is 1. The van der Waals surface area contributed by atoms with Crippen LogP contribution in [0, 0.1) is 5.92 Å². The third-order valence-electron chi connectivity index (χ3n) is 2.60. The number of rotatable bonds is 6. The van der Waals surface area contributed by atoms with Gasteiger partial charge in [-0.1, -0.05) is 25.4 Å². The standard InChI is InChI=1S/C13H21ClN2OS/c1-10(2)5-4-8-15-13(17)16(3)9-11-6-7-12(14)18-11/h6-7,10H,4-5,8-9H2,1-3H3,(H,15,17). The van der Waals surface area contributed by atoms with Gasteiger partial charge in [-0.25, -0.2) is 4.79 Å². The number of thiophene rings is 1. The van der Waals surface area contributed by atoms with Gasteiger partial charge in [0.15, 0.2) is 0 Å². The summed E-state index contributed by atoms with van der Waals surface area (Å²) in [5.74, 6) is 0.688. The molecule has 0 spiro atoms. The second-order valence-electron chi connectivity index (χ2n) is 4.83. The lowest BCUT2D eigenvalue weighted by Gasteiger charge is -2.17. The van der Waals surface area contributed by atoms with E-state index in [1.807, 2.05) is 12.1 Å². The zero-order valence-electron chi connectivity index (χ0n) is 11.2. The number of carbonyl (C=O) groups excluding carboxylic acids is 1. The number of amides is 2. The molecule has 0 bridgehead atoms. The van der Waals surface area contributed by atoms with E-state index in [-0.39, 0.29) is 6.03 Å². The molecule has 0 saturated heterocycles. The van der Waals surface area contributed by atoms with Gasteiger partial charge in [0, 0.05) is 18.5 Å². The molecule has 0 unspecified atom stereocenters. The number of nitrogens with one attached hydrogen (secondary N) is 1. The van der Waals surface area contributed by atoms with Crippen molar-refractivity contribution in [2.45, 2.75) is 33.2 Å². The topological polar surface area (TPSA) is 32.3 Å². The van der Waals surface area contributed by atoms with E-state index in [0.29, 0.717) is 12.5 Å². The van der Waals surface area contributed by atoms with E-state index in [9.17, 15) is 4.79 Å². The monoisotopic (exact) mass is 288 g/mol. The fourth-order valence-corrected chi connectivity index (χ4v) is 2.72. The van der Waals surface area contributed by atoms with Crippen LogP contribution in [0.25, 0.3) is 0 Å². The molecule has 5 heteroatoms. The highest BCUT2D eigenvalue weighted by molar-refractivity contribution is 7.16. The Kier molecular flexibility index (Phi) is 6.50. The Morgan fingerprint density at radius 2 is 2.22 bits per heavy atom. The molecule has 102 valence electrons. The molecule has 0 aromatic carbocycles. The van der Waals surface area contributed by atoms with Crippen molar-refractivity contribution >= 4 is 29.0 Å². The lowest BCUT2D eigenvalue weighted by molar-refractivity contribution is 0.207. The lowest BCUT2D eigenvalue weighted by atomic mass is 10.1. The highest BCUT2D eigenvalue weighted by Crippen LogP contribution is 2.22. The summed E-state index contributed by atoms with van der Waals surface area (Å²) in [7, 11) is 1.80. The summed E-state index contributed by atoms with van der Waals surface area (Å²) in [6.07, 6.45) is 2.17. The van der Waals surface area contributed by atoms with Gasteiger partial charge in [0.1, 0.15) is 0 Å². The molecule has 0 aliphatic rings. The Balaban J connectivity index is 2.24. The van der Waals surface area contributed by atoms with Gasteiger partial charge in [0.05, 0.1) is 10.9 Å². The molecule has 0 atom stereocenters. The van der Waals surface area contributed by atoms with Crippen LogP contribution in [0.5, 0.6) is 0 Å². The van der Waals surface area contributed by atoms with Gasteiger partial charge in [-0.15, -0.1) is 11.3 Å². The van der Waals surface area contributed by atoms with Crippen molar-refractivity contribution in [1.82, 2.24) is 10.2 Å². The van der Waals surface area contributed by atoms with Gasteiger partial charge in [-0.3, -0.25) is 0 Å². The zero-order chi connectivity index (χ0) is 13.5. The maximum Gasteiger partial charge on any atom is 0.317 e. The first-order valence-corrected chi connectivity index (χ1v) is 7.41. The highest BCUT2D eigenvalue weighted by Gasteiger charge is 2.09. The smallest absolute Gasteiger partial charge is 0.317 e. The Hall–Kier alpha value is -0.740. The zero-order valence-corrected chi connectivity index (χ0v) is 12.8. The third-order valence-corrected chi connectivity index (χ3v) is 3.82. The molecule has 0 radical (unpaired) electrons. The molecule has 18 heavy (non-hydrogen) atoms. The second kappa shape index (κ2) is 7.64. The molecule has 1 N–H and O–H groups in total. The summed E-state index contributed by atoms with van der Waals surface area (Å²) in [6.45, 7) is 5.73. The molecule has 0 aliphatic heterocycles. The normalized spacial score (nSPS) is 10.7.